The molecular formula is C17H24N2O2. The number of rotatable bonds is 2. The van der Waals surface area contributed by atoms with Gasteiger partial charge in [0.05, 0.1) is 7.11 Å². The lowest BCUT2D eigenvalue weighted by molar-refractivity contribution is -0.158. The Morgan fingerprint density at radius 2 is 2.00 bits per heavy atom. The molecule has 1 heterocycles. The summed E-state index contributed by atoms with van der Waals surface area (Å²) < 4.78 is 5.26. The number of esters is 1. The van der Waals surface area contributed by atoms with Crippen LogP contribution >= 0.6 is 0 Å². The number of benzene rings is 1. The zero-order chi connectivity index (χ0) is 14.7. The molecule has 0 amide bonds. The van der Waals surface area contributed by atoms with Crippen molar-refractivity contribution < 1.29 is 9.53 Å². The molecule has 1 aliphatic carbocycles. The van der Waals surface area contributed by atoms with Gasteiger partial charge in [-0.3, -0.25) is 4.90 Å². The van der Waals surface area contributed by atoms with E-state index >= 15 is 0 Å². The Morgan fingerprint density at radius 1 is 1.24 bits per heavy atom. The first-order valence-corrected chi connectivity index (χ1v) is 7.91. The van der Waals surface area contributed by atoms with E-state index in [-0.39, 0.29) is 5.97 Å². The molecule has 0 saturated carbocycles. The zero-order valence-electron chi connectivity index (χ0n) is 12.7. The van der Waals surface area contributed by atoms with E-state index in [1.165, 1.54) is 12.7 Å². The van der Waals surface area contributed by atoms with Gasteiger partial charge in [0.2, 0.25) is 0 Å². The fourth-order valence-corrected chi connectivity index (χ4v) is 3.86. The molecule has 1 atom stereocenters. The van der Waals surface area contributed by atoms with E-state index in [0.717, 1.165) is 57.4 Å². The largest absolute Gasteiger partial charge is 0.467 e. The highest BCUT2D eigenvalue weighted by Crippen LogP contribution is 2.40. The average molecular weight is 288 g/mol. The fraction of sp³-hybridized carbons (Fsp3) is 0.588. The number of fused-ring (bicyclic) bond motifs is 1. The Kier molecular flexibility index (Phi) is 4.27. The smallest absolute Gasteiger partial charge is 0.330 e. The number of hydrogen-bond donors (Lipinski definition) is 1. The molecule has 1 aromatic rings. The summed E-state index contributed by atoms with van der Waals surface area (Å²) >= 11 is 0. The third-order valence-electron chi connectivity index (χ3n) is 4.88. The second-order valence-corrected chi connectivity index (χ2v) is 5.95. The predicted octanol–water partition coefficient (Wildman–Crippen LogP) is 1.69. The van der Waals surface area contributed by atoms with E-state index in [0.29, 0.717) is 0 Å². The Bertz CT molecular complexity index is 511. The Balaban J connectivity index is 2.11. The van der Waals surface area contributed by atoms with Crippen LogP contribution in [0.25, 0.3) is 0 Å². The number of nitrogens with zero attached hydrogens (tertiary/aromatic N) is 1. The monoisotopic (exact) mass is 288 g/mol. The highest BCUT2D eigenvalue weighted by molar-refractivity contribution is 5.83. The lowest BCUT2D eigenvalue weighted by Crippen LogP contribution is -2.58. The number of methoxy groups -OCH3 is 1. The van der Waals surface area contributed by atoms with Gasteiger partial charge < -0.3 is 10.1 Å². The van der Waals surface area contributed by atoms with Crippen LogP contribution in [0.3, 0.4) is 0 Å². The molecule has 4 heteroatoms. The summed E-state index contributed by atoms with van der Waals surface area (Å²) in [7, 11) is 1.51. The average Bonchev–Trinajstić information content (AvgIpc) is 2.75. The Hall–Kier alpha value is -1.39. The van der Waals surface area contributed by atoms with Crippen molar-refractivity contribution in [1.29, 1.82) is 0 Å². The zero-order valence-corrected chi connectivity index (χ0v) is 12.7. The van der Waals surface area contributed by atoms with E-state index in [4.69, 9.17) is 4.74 Å². The molecular weight excluding hydrogens is 264 g/mol. The molecule has 2 aliphatic rings. The van der Waals surface area contributed by atoms with Gasteiger partial charge in [-0.15, -0.1) is 0 Å². The van der Waals surface area contributed by atoms with Crippen LogP contribution < -0.4 is 5.32 Å². The summed E-state index contributed by atoms with van der Waals surface area (Å²) in [5.41, 5.74) is 1.87. The highest BCUT2D eigenvalue weighted by Gasteiger charge is 2.48. The van der Waals surface area contributed by atoms with Crippen LogP contribution in [0, 0.1) is 0 Å². The first-order valence-electron chi connectivity index (χ1n) is 7.91. The van der Waals surface area contributed by atoms with Crippen molar-refractivity contribution in [2.75, 3.05) is 33.3 Å². The maximum absolute atomic E-state index is 12.8. The Labute approximate surface area is 126 Å². The fourth-order valence-electron chi connectivity index (χ4n) is 3.86. The van der Waals surface area contributed by atoms with Crippen LogP contribution in [0.2, 0.25) is 0 Å². The standard InChI is InChI=1S/C17H24N2O2/c1-21-16(20)17(19-12-10-18-11-13-19)9-5-4-7-14-6-2-3-8-15(14)17/h2-3,6,8,18H,4-5,7,9-13H2,1H3. The summed E-state index contributed by atoms with van der Waals surface area (Å²) in [6.45, 7) is 3.65. The minimum Gasteiger partial charge on any atom is -0.467 e. The summed E-state index contributed by atoms with van der Waals surface area (Å²) in [4.78, 5) is 15.2. The molecule has 0 aromatic heterocycles. The van der Waals surface area contributed by atoms with Crippen LogP contribution in [-0.2, 0) is 21.5 Å². The molecule has 1 N–H and O–H groups in total. The molecule has 0 spiro atoms. The number of ether oxygens (including phenoxy) is 1. The van der Waals surface area contributed by atoms with E-state index in [9.17, 15) is 4.79 Å². The van der Waals surface area contributed by atoms with Gasteiger partial charge in [-0.05, 0) is 30.4 Å². The van der Waals surface area contributed by atoms with Crippen molar-refractivity contribution in [1.82, 2.24) is 10.2 Å². The predicted molar refractivity (Wildman–Crippen MR) is 82.1 cm³/mol. The maximum Gasteiger partial charge on any atom is 0.330 e. The van der Waals surface area contributed by atoms with E-state index in [2.05, 4.69) is 28.4 Å². The van der Waals surface area contributed by atoms with Crippen LogP contribution in [0.4, 0.5) is 0 Å². The van der Waals surface area contributed by atoms with Gasteiger partial charge in [0, 0.05) is 26.2 Å². The summed E-state index contributed by atoms with van der Waals surface area (Å²) in [6, 6.07) is 8.41. The molecule has 0 radical (unpaired) electrons. The SMILES string of the molecule is COC(=O)C1(N2CCNCC2)CCCCc2ccccc21. The molecule has 21 heavy (non-hydrogen) atoms. The first kappa shape index (κ1) is 14.5. The number of nitrogens with one attached hydrogen (secondary N) is 1. The van der Waals surface area contributed by atoms with Crippen LogP contribution in [0.1, 0.15) is 30.4 Å². The van der Waals surface area contributed by atoms with Crippen molar-refractivity contribution in [3.8, 4) is 0 Å². The van der Waals surface area contributed by atoms with Crippen molar-refractivity contribution in [3.05, 3.63) is 35.4 Å². The quantitative estimate of drug-likeness (QED) is 0.664. The van der Waals surface area contributed by atoms with Gasteiger partial charge in [-0.25, -0.2) is 4.79 Å². The minimum atomic E-state index is -0.593. The Morgan fingerprint density at radius 3 is 2.76 bits per heavy atom. The topological polar surface area (TPSA) is 41.6 Å². The third-order valence-corrected chi connectivity index (χ3v) is 4.88. The normalized spacial score (nSPS) is 26.7. The first-order chi connectivity index (χ1) is 10.3. The van der Waals surface area contributed by atoms with Crippen molar-refractivity contribution in [2.24, 2.45) is 0 Å². The van der Waals surface area contributed by atoms with Crippen molar-refractivity contribution >= 4 is 5.97 Å². The molecule has 1 aliphatic heterocycles. The highest BCUT2D eigenvalue weighted by atomic mass is 16.5. The summed E-state index contributed by atoms with van der Waals surface area (Å²) in [5, 5.41) is 3.37. The van der Waals surface area contributed by atoms with E-state index in [1.54, 1.807) is 0 Å². The van der Waals surface area contributed by atoms with Crippen LogP contribution in [0.15, 0.2) is 24.3 Å². The van der Waals surface area contributed by atoms with Gasteiger partial charge in [0.1, 0.15) is 5.54 Å². The van der Waals surface area contributed by atoms with Crippen LogP contribution in [-0.4, -0.2) is 44.2 Å². The molecule has 1 fully saturated rings. The van der Waals surface area contributed by atoms with Gasteiger partial charge in [-0.1, -0.05) is 30.7 Å². The summed E-state index contributed by atoms with van der Waals surface area (Å²) in [5.74, 6) is -0.0984. The lowest BCUT2D eigenvalue weighted by atomic mass is 9.82. The second kappa shape index (κ2) is 6.16. The number of hydrogen-bond acceptors (Lipinski definition) is 4. The summed E-state index contributed by atoms with van der Waals surface area (Å²) in [6.07, 6.45) is 4.12. The van der Waals surface area contributed by atoms with Gasteiger partial charge >= 0.3 is 5.97 Å². The minimum absolute atomic E-state index is 0.0984. The van der Waals surface area contributed by atoms with Gasteiger partial charge in [-0.2, -0.15) is 0 Å². The number of aryl methyl sites for hydroxylation is 1. The molecule has 0 bridgehead atoms. The number of carbonyl (C=O) groups excluding carboxylic acids is 1. The molecule has 1 aromatic carbocycles. The molecule has 114 valence electrons. The molecule has 3 rings (SSSR count). The number of carbonyl (C=O) groups is 1. The molecule has 1 unspecified atom stereocenters. The molecule has 1 saturated heterocycles. The van der Waals surface area contributed by atoms with Crippen molar-refractivity contribution in [2.45, 2.75) is 31.2 Å². The molecule has 4 nitrogen and oxygen atoms in total. The maximum atomic E-state index is 12.8. The van der Waals surface area contributed by atoms with Crippen LogP contribution in [0.5, 0.6) is 0 Å². The van der Waals surface area contributed by atoms with Crippen molar-refractivity contribution in [3.63, 3.8) is 0 Å². The van der Waals surface area contributed by atoms with E-state index < -0.39 is 5.54 Å². The van der Waals surface area contributed by atoms with Gasteiger partial charge in [0.15, 0.2) is 0 Å². The second-order valence-electron chi connectivity index (χ2n) is 5.95. The van der Waals surface area contributed by atoms with E-state index in [1.807, 2.05) is 6.07 Å². The third kappa shape index (κ3) is 2.47. The van der Waals surface area contributed by atoms with Gasteiger partial charge in [0.25, 0.3) is 0 Å². The number of piperazine rings is 1. The lowest BCUT2D eigenvalue weighted by Gasteiger charge is -2.44.